The summed E-state index contributed by atoms with van der Waals surface area (Å²) in [6, 6.07) is 3.87. The first kappa shape index (κ1) is 26.4. The monoisotopic (exact) mass is 436 g/mol. The lowest BCUT2D eigenvalue weighted by atomic mass is 9.78. The second-order valence-electron chi connectivity index (χ2n) is 9.50. The quantitative estimate of drug-likeness (QED) is 0.279. The summed E-state index contributed by atoms with van der Waals surface area (Å²) in [4.78, 5) is 34.9. The number of amides is 2. The van der Waals surface area contributed by atoms with E-state index in [-0.39, 0.29) is 43.6 Å². The number of ether oxygens (including phenoxy) is 1. The van der Waals surface area contributed by atoms with Gasteiger partial charge in [-0.1, -0.05) is 53.7 Å². The SMILES string of the molecule is CC(C)(C)c1cc(CCC(=O)OCCNC(=O)C(=O)NCCO)cc(C(C)(C)C)c1O. The maximum Gasteiger partial charge on any atom is 0.309 e. The van der Waals surface area contributed by atoms with E-state index in [0.29, 0.717) is 12.2 Å². The molecule has 174 valence electrons. The van der Waals surface area contributed by atoms with Crippen molar-refractivity contribution >= 4 is 17.8 Å². The molecule has 0 saturated carbocycles. The molecule has 0 aromatic heterocycles. The summed E-state index contributed by atoms with van der Waals surface area (Å²) in [5, 5.41) is 23.9. The lowest BCUT2D eigenvalue weighted by molar-refractivity contribution is -0.144. The zero-order valence-electron chi connectivity index (χ0n) is 19.4. The predicted octanol–water partition coefficient (Wildman–Crippen LogP) is 1.69. The van der Waals surface area contributed by atoms with Gasteiger partial charge in [-0.25, -0.2) is 0 Å². The van der Waals surface area contributed by atoms with Crippen molar-refractivity contribution in [3.05, 3.63) is 28.8 Å². The van der Waals surface area contributed by atoms with Gasteiger partial charge in [0, 0.05) is 13.0 Å². The number of carbonyl (C=O) groups excluding carboxylic acids is 3. The van der Waals surface area contributed by atoms with Crippen molar-refractivity contribution in [2.24, 2.45) is 0 Å². The van der Waals surface area contributed by atoms with Gasteiger partial charge in [-0.15, -0.1) is 0 Å². The zero-order chi connectivity index (χ0) is 23.8. The van der Waals surface area contributed by atoms with Crippen LogP contribution in [0.1, 0.15) is 64.7 Å². The molecule has 0 heterocycles. The minimum Gasteiger partial charge on any atom is -0.507 e. The van der Waals surface area contributed by atoms with Gasteiger partial charge in [-0.3, -0.25) is 14.4 Å². The van der Waals surface area contributed by atoms with Crippen LogP contribution in [0.3, 0.4) is 0 Å². The number of aryl methyl sites for hydroxylation is 1. The van der Waals surface area contributed by atoms with Gasteiger partial charge in [-0.05, 0) is 33.9 Å². The van der Waals surface area contributed by atoms with Crippen LogP contribution in [0.25, 0.3) is 0 Å². The molecule has 0 atom stereocenters. The molecule has 0 radical (unpaired) electrons. The van der Waals surface area contributed by atoms with Gasteiger partial charge in [0.05, 0.1) is 13.2 Å². The number of esters is 1. The topological polar surface area (TPSA) is 125 Å². The van der Waals surface area contributed by atoms with Crippen molar-refractivity contribution in [3.63, 3.8) is 0 Å². The molecular formula is C23H36N2O6. The maximum atomic E-state index is 12.1. The number of aliphatic hydroxyl groups excluding tert-OH is 1. The molecule has 0 aliphatic rings. The Morgan fingerprint density at radius 3 is 1.84 bits per heavy atom. The van der Waals surface area contributed by atoms with E-state index in [1.54, 1.807) is 0 Å². The summed E-state index contributed by atoms with van der Waals surface area (Å²) in [5.41, 5.74) is 2.12. The Kier molecular flexibility index (Phi) is 9.49. The van der Waals surface area contributed by atoms with E-state index in [0.717, 1.165) is 16.7 Å². The lowest BCUT2D eigenvalue weighted by Crippen LogP contribution is -2.42. The van der Waals surface area contributed by atoms with E-state index in [1.165, 1.54) is 0 Å². The molecule has 0 spiro atoms. The Labute approximate surface area is 184 Å². The molecule has 1 aromatic rings. The summed E-state index contributed by atoms with van der Waals surface area (Å²) in [6.07, 6.45) is 0.615. The molecule has 0 aliphatic heterocycles. The highest BCUT2D eigenvalue weighted by Crippen LogP contribution is 2.39. The van der Waals surface area contributed by atoms with E-state index < -0.39 is 17.8 Å². The number of aromatic hydroxyl groups is 1. The largest absolute Gasteiger partial charge is 0.507 e. The normalized spacial score (nSPS) is 11.7. The first-order chi connectivity index (χ1) is 14.3. The molecule has 4 N–H and O–H groups in total. The zero-order valence-corrected chi connectivity index (χ0v) is 19.4. The highest BCUT2D eigenvalue weighted by Gasteiger charge is 2.26. The summed E-state index contributed by atoms with van der Waals surface area (Å²) in [5.74, 6) is -1.82. The van der Waals surface area contributed by atoms with Gasteiger partial charge in [0.15, 0.2) is 0 Å². The second-order valence-corrected chi connectivity index (χ2v) is 9.50. The van der Waals surface area contributed by atoms with Crippen LogP contribution in [0.5, 0.6) is 5.75 Å². The van der Waals surface area contributed by atoms with E-state index in [4.69, 9.17) is 9.84 Å². The number of hydrogen-bond donors (Lipinski definition) is 4. The van der Waals surface area contributed by atoms with Gasteiger partial charge in [-0.2, -0.15) is 0 Å². The third-order valence-corrected chi connectivity index (χ3v) is 4.66. The molecule has 0 fully saturated rings. The molecule has 0 aliphatic carbocycles. The summed E-state index contributed by atoms with van der Waals surface area (Å²) < 4.78 is 5.12. The molecule has 1 rings (SSSR count). The number of aliphatic hydroxyl groups is 1. The maximum absolute atomic E-state index is 12.1. The fraction of sp³-hybridized carbons (Fsp3) is 0.609. The number of benzene rings is 1. The van der Waals surface area contributed by atoms with Gasteiger partial charge in [0.1, 0.15) is 12.4 Å². The van der Waals surface area contributed by atoms with Crippen molar-refractivity contribution < 1.29 is 29.3 Å². The minimum atomic E-state index is -0.850. The highest BCUT2D eigenvalue weighted by molar-refractivity contribution is 6.35. The van der Waals surface area contributed by atoms with Crippen LogP contribution in [-0.2, 0) is 36.4 Å². The Morgan fingerprint density at radius 1 is 0.903 bits per heavy atom. The number of hydrogen-bond acceptors (Lipinski definition) is 6. The molecule has 8 nitrogen and oxygen atoms in total. The van der Waals surface area contributed by atoms with Crippen LogP contribution in [0.2, 0.25) is 0 Å². The van der Waals surface area contributed by atoms with Crippen molar-refractivity contribution in [2.45, 2.75) is 65.2 Å². The van der Waals surface area contributed by atoms with E-state index >= 15 is 0 Å². The molecule has 0 saturated heterocycles. The average molecular weight is 437 g/mol. The smallest absolute Gasteiger partial charge is 0.309 e. The third-order valence-electron chi connectivity index (χ3n) is 4.66. The van der Waals surface area contributed by atoms with Gasteiger partial charge < -0.3 is 25.6 Å². The molecule has 2 amide bonds. The predicted molar refractivity (Wildman–Crippen MR) is 118 cm³/mol. The van der Waals surface area contributed by atoms with Crippen LogP contribution in [0, 0.1) is 0 Å². The molecule has 8 heteroatoms. The number of rotatable bonds is 8. The van der Waals surface area contributed by atoms with Crippen LogP contribution < -0.4 is 10.6 Å². The number of carbonyl (C=O) groups is 3. The molecule has 0 bridgehead atoms. The van der Waals surface area contributed by atoms with Crippen molar-refractivity contribution in [3.8, 4) is 5.75 Å². The number of phenolic OH excluding ortho intramolecular Hbond substituents is 1. The Balaban J connectivity index is 2.64. The van der Waals surface area contributed by atoms with Gasteiger partial charge in [0.2, 0.25) is 0 Å². The van der Waals surface area contributed by atoms with E-state index in [9.17, 15) is 19.5 Å². The minimum absolute atomic E-state index is 0.00758. The highest BCUT2D eigenvalue weighted by atomic mass is 16.5. The first-order valence-electron chi connectivity index (χ1n) is 10.5. The van der Waals surface area contributed by atoms with E-state index in [1.807, 2.05) is 53.7 Å². The lowest BCUT2D eigenvalue weighted by Gasteiger charge is -2.28. The third kappa shape index (κ3) is 8.57. The number of nitrogens with one attached hydrogen (secondary N) is 2. The first-order valence-corrected chi connectivity index (χ1v) is 10.5. The standard InChI is InChI=1S/C23H36N2O6/c1-22(2,3)16-13-15(14-17(19(16)28)23(4,5)6)7-8-18(27)31-12-10-25-21(30)20(29)24-9-11-26/h13-14,26,28H,7-12H2,1-6H3,(H,24,29)(H,25,30). The fourth-order valence-electron chi connectivity index (χ4n) is 2.96. The average Bonchev–Trinajstić information content (AvgIpc) is 2.66. The van der Waals surface area contributed by atoms with Crippen LogP contribution in [0.4, 0.5) is 0 Å². The number of phenols is 1. The van der Waals surface area contributed by atoms with Crippen molar-refractivity contribution in [2.75, 3.05) is 26.3 Å². The van der Waals surface area contributed by atoms with Crippen LogP contribution in [0.15, 0.2) is 12.1 Å². The van der Waals surface area contributed by atoms with Crippen molar-refractivity contribution in [1.29, 1.82) is 0 Å². The van der Waals surface area contributed by atoms with Crippen molar-refractivity contribution in [1.82, 2.24) is 10.6 Å². The Bertz CT molecular complexity index is 755. The van der Waals surface area contributed by atoms with Crippen LogP contribution >= 0.6 is 0 Å². The molecular weight excluding hydrogens is 400 g/mol. The summed E-state index contributed by atoms with van der Waals surface area (Å²) >= 11 is 0. The van der Waals surface area contributed by atoms with Gasteiger partial charge >= 0.3 is 17.8 Å². The Morgan fingerprint density at radius 2 is 1.39 bits per heavy atom. The second kappa shape index (κ2) is 11.1. The van der Waals surface area contributed by atoms with Crippen LogP contribution in [-0.4, -0.2) is 54.3 Å². The van der Waals surface area contributed by atoms with Gasteiger partial charge in [0.25, 0.3) is 0 Å². The molecule has 0 unspecified atom stereocenters. The van der Waals surface area contributed by atoms with E-state index in [2.05, 4.69) is 10.6 Å². The summed E-state index contributed by atoms with van der Waals surface area (Å²) in [7, 11) is 0. The Hall–Kier alpha value is -2.61. The summed E-state index contributed by atoms with van der Waals surface area (Å²) in [6.45, 7) is 11.9. The molecule has 31 heavy (non-hydrogen) atoms. The molecule has 1 aromatic carbocycles. The fourth-order valence-corrected chi connectivity index (χ4v) is 2.96.